The monoisotopic (exact) mass is 246 g/mol. The molecular formula is C12H14N4O2. The summed E-state index contributed by atoms with van der Waals surface area (Å²) in [6, 6.07) is 0. The largest absolute Gasteiger partial charge is 0.361 e. The van der Waals surface area contributed by atoms with Gasteiger partial charge in [-0.1, -0.05) is 5.16 Å². The summed E-state index contributed by atoms with van der Waals surface area (Å²) in [6.45, 7) is 3.77. The quantitative estimate of drug-likeness (QED) is 0.827. The average molecular weight is 246 g/mol. The lowest BCUT2D eigenvalue weighted by Gasteiger charge is -2.22. The van der Waals surface area contributed by atoms with E-state index in [4.69, 9.17) is 4.52 Å². The Kier molecular flexibility index (Phi) is 2.26. The molecule has 1 N–H and O–H groups in total. The van der Waals surface area contributed by atoms with Crippen molar-refractivity contribution in [2.75, 3.05) is 5.32 Å². The number of rotatable bonds is 1. The molecule has 18 heavy (non-hydrogen) atoms. The van der Waals surface area contributed by atoms with E-state index in [1.54, 1.807) is 10.9 Å². The molecule has 0 aromatic carbocycles. The van der Waals surface area contributed by atoms with Crippen LogP contribution in [0.15, 0.2) is 10.7 Å². The van der Waals surface area contributed by atoms with E-state index < -0.39 is 0 Å². The van der Waals surface area contributed by atoms with Crippen LogP contribution in [-0.4, -0.2) is 20.8 Å². The van der Waals surface area contributed by atoms with Crippen molar-refractivity contribution in [1.29, 1.82) is 0 Å². The van der Waals surface area contributed by atoms with Crippen LogP contribution in [0.4, 0.5) is 5.82 Å². The molecular weight excluding hydrogens is 232 g/mol. The van der Waals surface area contributed by atoms with Gasteiger partial charge in [0.1, 0.15) is 11.6 Å². The molecule has 0 bridgehead atoms. The Labute approximate surface area is 104 Å². The van der Waals surface area contributed by atoms with Crippen LogP contribution in [0.2, 0.25) is 0 Å². The van der Waals surface area contributed by atoms with Crippen molar-refractivity contribution in [2.45, 2.75) is 26.2 Å². The van der Waals surface area contributed by atoms with Gasteiger partial charge in [-0.15, -0.1) is 0 Å². The maximum Gasteiger partial charge on any atom is 0.226 e. The maximum atomic E-state index is 11.8. The number of nitrogens with zero attached hydrogens (tertiary/aromatic N) is 3. The Morgan fingerprint density at radius 2 is 2.28 bits per heavy atom. The predicted molar refractivity (Wildman–Crippen MR) is 64.3 cm³/mol. The number of carbonyl (C=O) groups excluding carboxylic acids is 1. The van der Waals surface area contributed by atoms with E-state index in [2.05, 4.69) is 15.6 Å². The van der Waals surface area contributed by atoms with Gasteiger partial charge in [-0.05, 0) is 13.8 Å². The lowest BCUT2D eigenvalue weighted by Crippen LogP contribution is -2.24. The minimum atomic E-state index is -0.0197. The Hall–Kier alpha value is -2.11. The van der Waals surface area contributed by atoms with E-state index in [0.29, 0.717) is 6.42 Å². The summed E-state index contributed by atoms with van der Waals surface area (Å²) in [5.41, 5.74) is 2.85. The standard InChI is InChI=1S/C12H14N4O2/c1-6-11(7(2)18-15-6)8-4-10(17)14-12-9(8)5-13-16(12)3/h5,8H,4H2,1-3H3,(H,14,17). The average Bonchev–Trinajstić information content (AvgIpc) is 2.84. The maximum absolute atomic E-state index is 11.8. The number of carbonyl (C=O) groups is 1. The molecule has 6 heteroatoms. The lowest BCUT2D eigenvalue weighted by molar-refractivity contribution is -0.116. The second-order valence-electron chi connectivity index (χ2n) is 4.61. The molecule has 1 aliphatic heterocycles. The molecule has 3 rings (SSSR count). The molecule has 0 fully saturated rings. The molecule has 6 nitrogen and oxygen atoms in total. The first-order valence-corrected chi connectivity index (χ1v) is 5.82. The molecule has 1 amide bonds. The third-order valence-corrected chi connectivity index (χ3v) is 3.43. The topological polar surface area (TPSA) is 73.0 Å². The fraction of sp³-hybridized carbons (Fsp3) is 0.417. The zero-order valence-corrected chi connectivity index (χ0v) is 10.5. The number of hydrogen-bond donors (Lipinski definition) is 1. The summed E-state index contributed by atoms with van der Waals surface area (Å²) in [4.78, 5) is 11.8. The van der Waals surface area contributed by atoms with Gasteiger partial charge in [0.25, 0.3) is 0 Å². The van der Waals surface area contributed by atoms with Gasteiger partial charge in [-0.25, -0.2) is 0 Å². The Morgan fingerprint density at radius 3 is 2.94 bits per heavy atom. The zero-order chi connectivity index (χ0) is 12.9. The van der Waals surface area contributed by atoms with Gasteiger partial charge in [0.05, 0.1) is 11.9 Å². The van der Waals surface area contributed by atoms with Gasteiger partial charge in [0.2, 0.25) is 5.91 Å². The summed E-state index contributed by atoms with van der Waals surface area (Å²) in [7, 11) is 1.81. The molecule has 0 radical (unpaired) electrons. The van der Waals surface area contributed by atoms with Crippen molar-refractivity contribution in [3.63, 3.8) is 0 Å². The van der Waals surface area contributed by atoms with Crippen molar-refractivity contribution < 1.29 is 9.32 Å². The summed E-state index contributed by atoms with van der Waals surface area (Å²) in [6.07, 6.45) is 2.20. The normalized spacial score (nSPS) is 18.6. The zero-order valence-electron chi connectivity index (χ0n) is 10.5. The summed E-state index contributed by atoms with van der Waals surface area (Å²) in [5.74, 6) is 1.50. The Morgan fingerprint density at radius 1 is 1.50 bits per heavy atom. The highest BCUT2D eigenvalue weighted by molar-refractivity contribution is 5.94. The Bertz CT molecular complexity index is 607. The van der Waals surface area contributed by atoms with Gasteiger partial charge >= 0.3 is 0 Å². The van der Waals surface area contributed by atoms with E-state index in [0.717, 1.165) is 28.4 Å². The van der Waals surface area contributed by atoms with Crippen molar-refractivity contribution in [1.82, 2.24) is 14.9 Å². The van der Waals surface area contributed by atoms with Crippen LogP contribution < -0.4 is 5.32 Å². The van der Waals surface area contributed by atoms with E-state index in [1.165, 1.54) is 0 Å². The van der Waals surface area contributed by atoms with Crippen LogP contribution >= 0.6 is 0 Å². The van der Waals surface area contributed by atoms with Crippen LogP contribution in [0.5, 0.6) is 0 Å². The first-order valence-electron chi connectivity index (χ1n) is 5.82. The molecule has 2 aromatic heterocycles. The van der Waals surface area contributed by atoms with E-state index in [-0.39, 0.29) is 11.8 Å². The molecule has 1 aliphatic rings. The van der Waals surface area contributed by atoms with Gasteiger partial charge in [-0.3, -0.25) is 9.48 Å². The van der Waals surface area contributed by atoms with Crippen LogP contribution in [0.1, 0.15) is 34.9 Å². The van der Waals surface area contributed by atoms with Crippen molar-refractivity contribution >= 4 is 11.7 Å². The van der Waals surface area contributed by atoms with Crippen LogP contribution in [0.25, 0.3) is 0 Å². The molecule has 0 saturated carbocycles. The van der Waals surface area contributed by atoms with Crippen molar-refractivity contribution in [3.05, 3.63) is 28.8 Å². The number of anilines is 1. The number of amides is 1. The molecule has 3 heterocycles. The number of aryl methyl sites for hydroxylation is 3. The number of hydrogen-bond acceptors (Lipinski definition) is 4. The highest BCUT2D eigenvalue weighted by Gasteiger charge is 2.32. The highest BCUT2D eigenvalue weighted by Crippen LogP contribution is 2.39. The summed E-state index contributed by atoms with van der Waals surface area (Å²) >= 11 is 0. The molecule has 1 unspecified atom stereocenters. The van der Waals surface area contributed by atoms with E-state index in [9.17, 15) is 4.79 Å². The molecule has 94 valence electrons. The molecule has 0 spiro atoms. The number of fused-ring (bicyclic) bond motifs is 1. The third-order valence-electron chi connectivity index (χ3n) is 3.43. The fourth-order valence-electron chi connectivity index (χ4n) is 2.59. The molecule has 2 aromatic rings. The van der Waals surface area contributed by atoms with Crippen LogP contribution in [0, 0.1) is 13.8 Å². The fourth-order valence-corrected chi connectivity index (χ4v) is 2.59. The minimum absolute atomic E-state index is 0.00361. The summed E-state index contributed by atoms with van der Waals surface area (Å²) < 4.78 is 6.87. The van der Waals surface area contributed by atoms with Gasteiger partial charge in [0.15, 0.2) is 0 Å². The lowest BCUT2D eigenvalue weighted by atomic mass is 9.86. The van der Waals surface area contributed by atoms with Gasteiger partial charge in [0, 0.05) is 30.5 Å². The highest BCUT2D eigenvalue weighted by atomic mass is 16.5. The molecule has 1 atom stereocenters. The smallest absolute Gasteiger partial charge is 0.226 e. The van der Waals surface area contributed by atoms with Crippen molar-refractivity contribution in [3.8, 4) is 0 Å². The van der Waals surface area contributed by atoms with Gasteiger partial charge < -0.3 is 9.84 Å². The van der Waals surface area contributed by atoms with E-state index in [1.807, 2.05) is 20.9 Å². The predicted octanol–water partition coefficient (Wildman–Crippen LogP) is 1.50. The van der Waals surface area contributed by atoms with Crippen LogP contribution in [0.3, 0.4) is 0 Å². The second kappa shape index (κ2) is 3.69. The first kappa shape index (κ1) is 11.0. The summed E-state index contributed by atoms with van der Waals surface area (Å²) in [5, 5.41) is 11.0. The Balaban J connectivity index is 2.16. The third kappa shape index (κ3) is 1.45. The number of aromatic nitrogens is 3. The first-order chi connectivity index (χ1) is 8.58. The number of nitrogens with one attached hydrogen (secondary N) is 1. The van der Waals surface area contributed by atoms with Crippen molar-refractivity contribution in [2.24, 2.45) is 7.05 Å². The second-order valence-corrected chi connectivity index (χ2v) is 4.61. The minimum Gasteiger partial charge on any atom is -0.361 e. The molecule has 0 saturated heterocycles. The van der Waals surface area contributed by atoms with Crippen LogP contribution in [-0.2, 0) is 11.8 Å². The molecule has 0 aliphatic carbocycles. The SMILES string of the molecule is Cc1noc(C)c1C1CC(=O)Nc2c1cnn2C. The van der Waals surface area contributed by atoms with E-state index >= 15 is 0 Å². The van der Waals surface area contributed by atoms with Gasteiger partial charge in [-0.2, -0.15) is 5.10 Å².